The predicted molar refractivity (Wildman–Crippen MR) is 151 cm³/mol. The molecule has 1 atom stereocenters. The minimum Gasteiger partial charge on any atom is -0.507 e. The van der Waals surface area contributed by atoms with E-state index >= 15 is 0 Å². The number of methoxy groups -OCH3 is 2. The van der Waals surface area contributed by atoms with Gasteiger partial charge in [-0.2, -0.15) is 0 Å². The van der Waals surface area contributed by atoms with Gasteiger partial charge in [-0.05, 0) is 42.3 Å². The first kappa shape index (κ1) is 27.5. The summed E-state index contributed by atoms with van der Waals surface area (Å²) in [6.07, 6.45) is 2.93. The van der Waals surface area contributed by atoms with Gasteiger partial charge in [0.2, 0.25) is 0 Å². The fourth-order valence-electron chi connectivity index (χ4n) is 4.49. The van der Waals surface area contributed by atoms with E-state index in [1.807, 2.05) is 30.3 Å². The fraction of sp³-hybridized carbons (Fsp3) is 0.167. The molecule has 0 saturated carbocycles. The van der Waals surface area contributed by atoms with Crippen molar-refractivity contribution in [3.05, 3.63) is 106 Å². The van der Waals surface area contributed by atoms with Crippen molar-refractivity contribution in [3.8, 4) is 11.5 Å². The Bertz CT molecular complexity index is 1650. The fourth-order valence-corrected chi connectivity index (χ4v) is 5.50. The molecule has 41 heavy (non-hydrogen) atoms. The smallest absolute Gasteiger partial charge is 0.350 e. The summed E-state index contributed by atoms with van der Waals surface area (Å²) in [5, 5.41) is 11.4. The lowest BCUT2D eigenvalue weighted by atomic mass is 9.95. The zero-order valence-corrected chi connectivity index (χ0v) is 23.2. The number of anilines is 1. The lowest BCUT2D eigenvalue weighted by molar-refractivity contribution is -0.132. The van der Waals surface area contributed by atoms with Gasteiger partial charge in [-0.1, -0.05) is 47.7 Å². The van der Waals surface area contributed by atoms with E-state index in [-0.39, 0.29) is 21.3 Å². The van der Waals surface area contributed by atoms with Crippen LogP contribution < -0.4 is 14.4 Å². The summed E-state index contributed by atoms with van der Waals surface area (Å²) in [5.41, 5.74) is 1.92. The Morgan fingerprint density at radius 1 is 1.02 bits per heavy atom. The Labute approximate surface area is 239 Å². The van der Waals surface area contributed by atoms with Gasteiger partial charge in [-0.25, -0.2) is 9.78 Å². The zero-order chi connectivity index (χ0) is 29.1. The molecule has 5 rings (SSSR count). The molecule has 0 aliphatic carbocycles. The largest absolute Gasteiger partial charge is 0.507 e. The highest BCUT2D eigenvalue weighted by molar-refractivity contribution is 7.17. The van der Waals surface area contributed by atoms with Crippen LogP contribution in [0.4, 0.5) is 5.13 Å². The number of thiazole rings is 1. The van der Waals surface area contributed by atoms with Gasteiger partial charge in [0.05, 0.1) is 31.5 Å². The second-order valence-corrected chi connectivity index (χ2v) is 9.97. The molecule has 4 aromatic rings. The first-order chi connectivity index (χ1) is 19.8. The standard InChI is InChI=1S/C30H25N3O7S/c1-17-27(29(37)39-3)41-30(32-17)33-24(23(26(35)28(33)36)25(34)19-11-13-31-14-12-19)20-9-10-21(22(15-20)38-2)40-16-18-7-5-4-6-8-18/h4-15,24,34H,16H2,1-3H3. The molecule has 208 valence electrons. The summed E-state index contributed by atoms with van der Waals surface area (Å²) in [6.45, 7) is 1.91. The van der Waals surface area contributed by atoms with Crippen molar-refractivity contribution in [2.75, 3.05) is 19.1 Å². The number of ether oxygens (including phenoxy) is 3. The van der Waals surface area contributed by atoms with Crippen molar-refractivity contribution in [1.82, 2.24) is 9.97 Å². The number of aromatic nitrogens is 2. The molecule has 1 amide bonds. The number of Topliss-reactive ketones (excluding diaryl/α,β-unsaturated/α-hetero) is 1. The third kappa shape index (κ3) is 5.27. The number of amides is 1. The average molecular weight is 572 g/mol. The number of ketones is 1. The van der Waals surface area contributed by atoms with Gasteiger partial charge in [0.1, 0.15) is 17.2 Å². The van der Waals surface area contributed by atoms with Crippen LogP contribution >= 0.6 is 11.3 Å². The van der Waals surface area contributed by atoms with Crippen LogP contribution in [0.25, 0.3) is 5.76 Å². The number of aryl methyl sites for hydroxylation is 1. The first-order valence-electron chi connectivity index (χ1n) is 12.5. The number of nitrogens with zero attached hydrogens (tertiary/aromatic N) is 3. The summed E-state index contributed by atoms with van der Waals surface area (Å²) < 4.78 is 16.4. The molecule has 1 N–H and O–H groups in total. The number of carbonyl (C=O) groups is 3. The molecule has 0 radical (unpaired) electrons. The van der Waals surface area contributed by atoms with Crippen LogP contribution in [0.1, 0.15) is 38.1 Å². The molecule has 1 aliphatic rings. The molecule has 2 aromatic heterocycles. The van der Waals surface area contributed by atoms with Crippen LogP contribution in [0.3, 0.4) is 0 Å². The van der Waals surface area contributed by atoms with Gasteiger partial charge < -0.3 is 19.3 Å². The van der Waals surface area contributed by atoms with E-state index < -0.39 is 23.7 Å². The molecule has 1 unspecified atom stereocenters. The number of pyridine rings is 1. The summed E-state index contributed by atoms with van der Waals surface area (Å²) in [6, 6.07) is 16.6. The molecule has 2 aromatic carbocycles. The van der Waals surface area contributed by atoms with Crippen molar-refractivity contribution in [3.63, 3.8) is 0 Å². The number of rotatable bonds is 8. The van der Waals surface area contributed by atoms with Gasteiger partial charge in [0.15, 0.2) is 16.6 Å². The van der Waals surface area contributed by atoms with E-state index in [9.17, 15) is 19.5 Å². The van der Waals surface area contributed by atoms with E-state index in [0.717, 1.165) is 16.9 Å². The maximum atomic E-state index is 13.5. The van der Waals surface area contributed by atoms with Crippen LogP contribution in [0.5, 0.6) is 11.5 Å². The van der Waals surface area contributed by atoms with Gasteiger partial charge >= 0.3 is 11.9 Å². The molecule has 1 fully saturated rings. The SMILES string of the molecule is COC(=O)c1sc(N2C(=O)C(=O)C(=C(O)c3ccncc3)C2c2ccc(OCc3ccccc3)c(OC)c2)nc1C. The van der Waals surface area contributed by atoms with E-state index in [0.29, 0.717) is 34.9 Å². The van der Waals surface area contributed by atoms with E-state index in [1.54, 1.807) is 25.1 Å². The highest BCUT2D eigenvalue weighted by Gasteiger charge is 2.48. The average Bonchev–Trinajstić information content (AvgIpc) is 3.52. The summed E-state index contributed by atoms with van der Waals surface area (Å²) in [4.78, 5) is 49.0. The Hall–Kier alpha value is -5.03. The molecular formula is C30H25N3O7S. The number of esters is 1. The summed E-state index contributed by atoms with van der Waals surface area (Å²) in [7, 11) is 2.73. The quantitative estimate of drug-likeness (QED) is 0.137. The number of aliphatic hydroxyl groups excluding tert-OH is 1. The molecule has 1 aliphatic heterocycles. The highest BCUT2D eigenvalue weighted by atomic mass is 32.1. The Morgan fingerprint density at radius 2 is 1.76 bits per heavy atom. The van der Waals surface area contributed by atoms with Crippen molar-refractivity contribution < 1.29 is 33.7 Å². The molecule has 10 nitrogen and oxygen atoms in total. The second-order valence-electron chi connectivity index (χ2n) is 8.99. The molecule has 3 heterocycles. The number of aliphatic hydroxyl groups is 1. The van der Waals surface area contributed by atoms with Gasteiger partial charge in [-0.15, -0.1) is 0 Å². The van der Waals surface area contributed by atoms with Crippen LogP contribution in [0.2, 0.25) is 0 Å². The highest BCUT2D eigenvalue weighted by Crippen LogP contribution is 2.45. The molecule has 1 saturated heterocycles. The minimum absolute atomic E-state index is 0.104. The van der Waals surface area contributed by atoms with Crippen molar-refractivity contribution in [2.45, 2.75) is 19.6 Å². The molecule has 0 spiro atoms. The van der Waals surface area contributed by atoms with Crippen LogP contribution in [-0.4, -0.2) is 47.0 Å². The van der Waals surface area contributed by atoms with Gasteiger partial charge in [0.25, 0.3) is 5.78 Å². The Balaban J connectivity index is 1.63. The van der Waals surface area contributed by atoms with E-state index in [2.05, 4.69) is 9.97 Å². The molecule has 0 bridgehead atoms. The van der Waals surface area contributed by atoms with Crippen LogP contribution in [0, 0.1) is 6.92 Å². The lowest BCUT2D eigenvalue weighted by Gasteiger charge is -2.24. The topological polar surface area (TPSA) is 128 Å². The Kier molecular flexibility index (Phi) is 7.79. The number of hydrogen-bond donors (Lipinski definition) is 1. The number of hydrogen-bond acceptors (Lipinski definition) is 10. The van der Waals surface area contributed by atoms with E-state index in [1.165, 1.54) is 43.6 Å². The Morgan fingerprint density at radius 3 is 2.44 bits per heavy atom. The lowest BCUT2D eigenvalue weighted by Crippen LogP contribution is -2.29. The summed E-state index contributed by atoms with van der Waals surface area (Å²) in [5.74, 6) is -1.98. The second kappa shape index (κ2) is 11.6. The number of benzene rings is 2. The number of carbonyl (C=O) groups excluding carboxylic acids is 3. The predicted octanol–water partition coefficient (Wildman–Crippen LogP) is 4.85. The third-order valence-corrected chi connectivity index (χ3v) is 7.64. The molecule has 11 heteroatoms. The van der Waals surface area contributed by atoms with Crippen LogP contribution in [-0.2, 0) is 20.9 Å². The van der Waals surface area contributed by atoms with Crippen molar-refractivity contribution in [2.24, 2.45) is 0 Å². The molecular weight excluding hydrogens is 546 g/mol. The zero-order valence-electron chi connectivity index (χ0n) is 22.4. The maximum Gasteiger partial charge on any atom is 0.350 e. The van der Waals surface area contributed by atoms with Crippen molar-refractivity contribution >= 4 is 39.9 Å². The van der Waals surface area contributed by atoms with Gasteiger partial charge in [0, 0.05) is 18.0 Å². The van der Waals surface area contributed by atoms with E-state index in [4.69, 9.17) is 14.2 Å². The van der Waals surface area contributed by atoms with Crippen molar-refractivity contribution in [1.29, 1.82) is 0 Å². The third-order valence-electron chi connectivity index (χ3n) is 6.50. The minimum atomic E-state index is -1.09. The first-order valence-corrected chi connectivity index (χ1v) is 13.3. The van der Waals surface area contributed by atoms with Crippen LogP contribution in [0.15, 0.2) is 78.6 Å². The normalized spacial score (nSPS) is 16.1. The van der Waals surface area contributed by atoms with Gasteiger partial charge in [-0.3, -0.25) is 19.5 Å². The maximum absolute atomic E-state index is 13.5. The summed E-state index contributed by atoms with van der Waals surface area (Å²) >= 11 is 0.919. The monoisotopic (exact) mass is 571 g/mol.